The zero-order valence-corrected chi connectivity index (χ0v) is 12.1. The Morgan fingerprint density at radius 3 is 2.62 bits per heavy atom. The number of benzene rings is 2. The number of halogens is 2. The van der Waals surface area contributed by atoms with Crippen LogP contribution in [0.5, 0.6) is 0 Å². The summed E-state index contributed by atoms with van der Waals surface area (Å²) in [5, 5.41) is 2.76. The van der Waals surface area contributed by atoms with E-state index in [0.29, 0.717) is 18.5 Å². The van der Waals surface area contributed by atoms with Crippen LogP contribution in [0.2, 0.25) is 5.02 Å². The van der Waals surface area contributed by atoms with Crippen molar-refractivity contribution < 1.29 is 9.18 Å². The van der Waals surface area contributed by atoms with Crippen LogP contribution in [-0.2, 0) is 11.2 Å². The van der Waals surface area contributed by atoms with Crippen molar-refractivity contribution in [3.05, 3.63) is 64.9 Å². The van der Waals surface area contributed by atoms with Gasteiger partial charge in [-0.3, -0.25) is 4.79 Å². The predicted molar refractivity (Wildman–Crippen MR) is 82.8 cm³/mol. The van der Waals surface area contributed by atoms with E-state index in [1.807, 2.05) is 30.3 Å². The largest absolute Gasteiger partial charge is 0.323 e. The summed E-state index contributed by atoms with van der Waals surface area (Å²) in [4.78, 5) is 12.0. The number of hydrogen-bond acceptors (Lipinski definition) is 2. The number of amides is 1. The van der Waals surface area contributed by atoms with Crippen LogP contribution in [0.15, 0.2) is 48.5 Å². The molecule has 0 aliphatic carbocycles. The molecule has 0 unspecified atom stereocenters. The molecular formula is C16H16ClFN2O. The molecule has 2 aromatic rings. The van der Waals surface area contributed by atoms with E-state index in [9.17, 15) is 9.18 Å². The van der Waals surface area contributed by atoms with Crippen LogP contribution in [0, 0.1) is 5.82 Å². The topological polar surface area (TPSA) is 55.1 Å². The summed E-state index contributed by atoms with van der Waals surface area (Å²) in [6.07, 6.45) is 1.24. The Kier molecular flexibility index (Phi) is 5.31. The molecule has 0 aliphatic heterocycles. The van der Waals surface area contributed by atoms with Crippen LogP contribution in [0.4, 0.5) is 10.1 Å². The van der Waals surface area contributed by atoms with E-state index in [1.165, 1.54) is 12.1 Å². The maximum atomic E-state index is 12.9. The van der Waals surface area contributed by atoms with E-state index in [1.54, 1.807) is 0 Å². The predicted octanol–water partition coefficient (Wildman–Crippen LogP) is 3.38. The number of rotatable bonds is 5. The lowest BCUT2D eigenvalue weighted by atomic mass is 10.1. The van der Waals surface area contributed by atoms with Gasteiger partial charge in [0.05, 0.1) is 16.8 Å². The Labute approximate surface area is 127 Å². The van der Waals surface area contributed by atoms with E-state index in [0.717, 1.165) is 11.6 Å². The minimum Gasteiger partial charge on any atom is -0.323 e. The van der Waals surface area contributed by atoms with Crippen LogP contribution in [0.3, 0.4) is 0 Å². The van der Waals surface area contributed by atoms with Gasteiger partial charge in [0, 0.05) is 0 Å². The minimum absolute atomic E-state index is 0.151. The lowest BCUT2D eigenvalue weighted by Gasteiger charge is -2.13. The van der Waals surface area contributed by atoms with Crippen molar-refractivity contribution in [1.29, 1.82) is 0 Å². The van der Waals surface area contributed by atoms with Gasteiger partial charge in [0.1, 0.15) is 5.82 Å². The van der Waals surface area contributed by atoms with Crippen LogP contribution < -0.4 is 11.1 Å². The number of hydrogen-bond donors (Lipinski definition) is 2. The molecule has 0 saturated heterocycles. The average molecular weight is 307 g/mol. The summed E-state index contributed by atoms with van der Waals surface area (Å²) >= 11 is 5.86. The maximum absolute atomic E-state index is 12.9. The third-order valence-corrected chi connectivity index (χ3v) is 3.43. The van der Waals surface area contributed by atoms with Gasteiger partial charge in [0.15, 0.2) is 0 Å². The van der Waals surface area contributed by atoms with Gasteiger partial charge in [0.25, 0.3) is 0 Å². The number of nitrogens with one attached hydrogen (secondary N) is 1. The number of nitrogens with two attached hydrogens (primary N) is 1. The van der Waals surface area contributed by atoms with Gasteiger partial charge in [-0.1, -0.05) is 41.9 Å². The van der Waals surface area contributed by atoms with Crippen LogP contribution >= 0.6 is 11.6 Å². The second kappa shape index (κ2) is 7.20. The molecule has 0 saturated carbocycles. The third-order valence-electron chi connectivity index (χ3n) is 3.11. The molecule has 0 spiro atoms. The van der Waals surface area contributed by atoms with E-state index < -0.39 is 11.9 Å². The lowest BCUT2D eigenvalue weighted by molar-refractivity contribution is -0.117. The summed E-state index contributed by atoms with van der Waals surface area (Å²) in [6, 6.07) is 12.9. The Hall–Kier alpha value is -1.91. The number of anilines is 1. The standard InChI is InChI=1S/C16H16ClFN2O/c17-13-10-12(18)7-9-15(13)20-16(21)14(19)8-6-11-4-2-1-3-5-11/h1-5,7,9-10,14H,6,8,19H2,(H,20,21)/t14-/m0/s1. The quantitative estimate of drug-likeness (QED) is 0.890. The van der Waals surface area contributed by atoms with Gasteiger partial charge in [0.2, 0.25) is 5.91 Å². The van der Waals surface area contributed by atoms with E-state index in [2.05, 4.69) is 5.32 Å². The highest BCUT2D eigenvalue weighted by Crippen LogP contribution is 2.22. The van der Waals surface area contributed by atoms with Gasteiger partial charge >= 0.3 is 0 Å². The van der Waals surface area contributed by atoms with E-state index in [4.69, 9.17) is 17.3 Å². The molecule has 0 radical (unpaired) electrons. The third kappa shape index (κ3) is 4.55. The first-order valence-electron chi connectivity index (χ1n) is 6.61. The maximum Gasteiger partial charge on any atom is 0.241 e. The van der Waals surface area contributed by atoms with Gasteiger partial charge in [-0.15, -0.1) is 0 Å². The van der Waals surface area contributed by atoms with E-state index >= 15 is 0 Å². The molecule has 21 heavy (non-hydrogen) atoms. The lowest BCUT2D eigenvalue weighted by Crippen LogP contribution is -2.36. The molecule has 1 amide bonds. The van der Waals surface area contributed by atoms with Gasteiger partial charge in [-0.05, 0) is 36.6 Å². The Morgan fingerprint density at radius 1 is 1.24 bits per heavy atom. The highest BCUT2D eigenvalue weighted by molar-refractivity contribution is 6.33. The Bertz CT molecular complexity index is 619. The number of aryl methyl sites for hydroxylation is 1. The number of carbonyl (C=O) groups is 1. The van der Waals surface area contributed by atoms with Crippen LogP contribution in [0.1, 0.15) is 12.0 Å². The zero-order chi connectivity index (χ0) is 15.2. The van der Waals surface area contributed by atoms with Crippen molar-refractivity contribution in [3.8, 4) is 0 Å². The summed E-state index contributed by atoms with van der Waals surface area (Å²) in [7, 11) is 0. The van der Waals surface area contributed by atoms with Crippen LogP contribution in [0.25, 0.3) is 0 Å². The van der Waals surface area contributed by atoms with Crippen molar-refractivity contribution in [2.45, 2.75) is 18.9 Å². The normalized spacial score (nSPS) is 12.0. The first-order valence-corrected chi connectivity index (χ1v) is 6.99. The van der Waals surface area contributed by atoms with Crippen molar-refractivity contribution in [2.24, 2.45) is 5.73 Å². The fourth-order valence-corrected chi connectivity index (χ4v) is 2.13. The van der Waals surface area contributed by atoms with E-state index in [-0.39, 0.29) is 10.9 Å². The summed E-state index contributed by atoms with van der Waals surface area (Å²) in [5.41, 5.74) is 7.35. The van der Waals surface area contributed by atoms with Gasteiger partial charge in [-0.2, -0.15) is 0 Å². The highest BCUT2D eigenvalue weighted by Gasteiger charge is 2.15. The molecule has 110 valence electrons. The van der Waals surface area contributed by atoms with Crippen molar-refractivity contribution in [2.75, 3.05) is 5.32 Å². The SMILES string of the molecule is N[C@@H](CCc1ccccc1)C(=O)Nc1ccc(F)cc1Cl. The highest BCUT2D eigenvalue weighted by atomic mass is 35.5. The molecule has 0 aliphatic rings. The summed E-state index contributed by atoms with van der Waals surface area (Å²) < 4.78 is 12.9. The molecule has 0 fully saturated rings. The monoisotopic (exact) mass is 306 g/mol. The van der Waals surface area contributed by atoms with Crippen molar-refractivity contribution >= 4 is 23.2 Å². The van der Waals surface area contributed by atoms with Gasteiger partial charge < -0.3 is 11.1 Å². The Morgan fingerprint density at radius 2 is 1.95 bits per heavy atom. The second-order valence-electron chi connectivity index (χ2n) is 4.74. The molecule has 0 aromatic heterocycles. The molecule has 3 N–H and O–H groups in total. The molecule has 0 heterocycles. The summed E-state index contributed by atoms with van der Waals surface area (Å²) in [6.45, 7) is 0. The van der Waals surface area contributed by atoms with Crippen molar-refractivity contribution in [1.82, 2.24) is 0 Å². The van der Waals surface area contributed by atoms with Gasteiger partial charge in [-0.25, -0.2) is 4.39 Å². The van der Waals surface area contributed by atoms with Crippen LogP contribution in [-0.4, -0.2) is 11.9 Å². The average Bonchev–Trinajstić information content (AvgIpc) is 2.48. The molecule has 5 heteroatoms. The first kappa shape index (κ1) is 15.5. The molecule has 0 bridgehead atoms. The smallest absolute Gasteiger partial charge is 0.241 e. The molecule has 1 atom stereocenters. The fourth-order valence-electron chi connectivity index (χ4n) is 1.91. The Balaban J connectivity index is 1.90. The fraction of sp³-hybridized carbons (Fsp3) is 0.188. The second-order valence-corrected chi connectivity index (χ2v) is 5.15. The molecule has 2 aromatic carbocycles. The molecular weight excluding hydrogens is 291 g/mol. The summed E-state index contributed by atoms with van der Waals surface area (Å²) in [5.74, 6) is -0.786. The zero-order valence-electron chi connectivity index (χ0n) is 11.4. The minimum atomic E-state index is -0.647. The first-order chi connectivity index (χ1) is 10.1. The molecule has 3 nitrogen and oxygen atoms in total. The number of carbonyl (C=O) groups excluding carboxylic acids is 1. The molecule has 2 rings (SSSR count). The van der Waals surface area contributed by atoms with Crippen molar-refractivity contribution in [3.63, 3.8) is 0 Å².